The highest BCUT2D eigenvalue weighted by atomic mass is 16.5. The van der Waals surface area contributed by atoms with Gasteiger partial charge in [0.25, 0.3) is 5.91 Å². The quantitative estimate of drug-likeness (QED) is 0.605. The fourth-order valence-electron chi connectivity index (χ4n) is 4.17. The van der Waals surface area contributed by atoms with Crippen LogP contribution in [0.2, 0.25) is 0 Å². The number of likely N-dealkylation sites (tertiary alicyclic amines) is 1. The van der Waals surface area contributed by atoms with E-state index in [1.54, 1.807) is 5.48 Å². The maximum Gasteiger partial charge on any atom is 0.276 e. The molecule has 0 aliphatic carbocycles. The van der Waals surface area contributed by atoms with Crippen LogP contribution in [0, 0.1) is 0 Å². The minimum Gasteiger partial charge on any atom is -0.371 e. The van der Waals surface area contributed by atoms with Crippen molar-refractivity contribution >= 4 is 5.91 Å². The molecule has 3 aliphatic heterocycles. The van der Waals surface area contributed by atoms with E-state index in [1.807, 2.05) is 6.07 Å². The largest absolute Gasteiger partial charge is 0.371 e. The first kappa shape index (κ1) is 15.0. The molecule has 0 unspecified atom stereocenters. The van der Waals surface area contributed by atoms with E-state index in [1.165, 1.54) is 6.20 Å². The van der Waals surface area contributed by atoms with Gasteiger partial charge in [-0.3, -0.25) is 24.8 Å². The molecule has 0 saturated carbocycles. The first-order valence-electron chi connectivity index (χ1n) is 8.07. The maximum atomic E-state index is 11.6. The van der Waals surface area contributed by atoms with E-state index in [9.17, 15) is 4.79 Å². The molecule has 4 rings (SSSR count). The van der Waals surface area contributed by atoms with Gasteiger partial charge in [-0.05, 0) is 25.1 Å². The predicted molar refractivity (Wildman–Crippen MR) is 82.2 cm³/mol. The van der Waals surface area contributed by atoms with Crippen molar-refractivity contribution in [2.45, 2.75) is 31.0 Å². The lowest BCUT2D eigenvalue weighted by Crippen LogP contribution is -2.49. The van der Waals surface area contributed by atoms with E-state index < -0.39 is 5.91 Å². The number of likely N-dealkylation sites (N-methyl/N-ethyl adjacent to an activating group) is 1. The van der Waals surface area contributed by atoms with Crippen molar-refractivity contribution in [1.29, 1.82) is 0 Å². The molecule has 2 N–H and O–H groups in total. The zero-order valence-electron chi connectivity index (χ0n) is 13.3. The average Bonchev–Trinajstić information content (AvgIpc) is 3.10. The Balaban J connectivity index is 1.49. The van der Waals surface area contributed by atoms with Gasteiger partial charge in [-0.15, -0.1) is 0 Å². The molecule has 23 heavy (non-hydrogen) atoms. The van der Waals surface area contributed by atoms with Crippen LogP contribution in [-0.4, -0.2) is 70.8 Å². The molecule has 7 nitrogen and oxygen atoms in total. The van der Waals surface area contributed by atoms with Gasteiger partial charge in [-0.25, -0.2) is 5.48 Å². The molecular weight excluding hydrogens is 296 g/mol. The molecule has 2 saturated heterocycles. The number of morpholine rings is 1. The molecule has 0 spiro atoms. The topological polar surface area (TPSA) is 77.9 Å². The van der Waals surface area contributed by atoms with Crippen molar-refractivity contribution in [2.24, 2.45) is 0 Å². The summed E-state index contributed by atoms with van der Waals surface area (Å²) in [4.78, 5) is 20.7. The monoisotopic (exact) mass is 318 g/mol. The van der Waals surface area contributed by atoms with Crippen LogP contribution < -0.4 is 5.48 Å². The van der Waals surface area contributed by atoms with Gasteiger partial charge in [0.2, 0.25) is 0 Å². The summed E-state index contributed by atoms with van der Waals surface area (Å²) in [5, 5.41) is 8.77. The number of aromatic nitrogens is 1. The Morgan fingerprint density at radius 3 is 3.17 bits per heavy atom. The van der Waals surface area contributed by atoms with E-state index in [4.69, 9.17) is 9.94 Å². The number of hydrogen-bond donors (Lipinski definition) is 2. The molecule has 2 atom stereocenters. The molecule has 0 aromatic carbocycles. The fraction of sp³-hybridized carbons (Fsp3) is 0.625. The number of carbonyl (C=O) groups is 1. The predicted octanol–water partition coefficient (Wildman–Crippen LogP) is 0.0318. The number of fused-ring (bicyclic) bond motifs is 3. The number of nitrogens with zero attached hydrogens (tertiary/aromatic N) is 3. The van der Waals surface area contributed by atoms with Crippen LogP contribution >= 0.6 is 0 Å². The Labute approximate surface area is 135 Å². The second-order valence-corrected chi connectivity index (χ2v) is 7.00. The van der Waals surface area contributed by atoms with Gasteiger partial charge < -0.3 is 4.74 Å². The molecule has 7 heteroatoms. The number of ether oxygens (including phenoxy) is 1. The Bertz CT molecular complexity index is 634. The van der Waals surface area contributed by atoms with E-state index in [-0.39, 0.29) is 5.60 Å². The van der Waals surface area contributed by atoms with Crippen molar-refractivity contribution in [1.82, 2.24) is 20.3 Å². The molecule has 0 radical (unpaired) electrons. The van der Waals surface area contributed by atoms with Gasteiger partial charge >= 0.3 is 0 Å². The van der Waals surface area contributed by atoms with Gasteiger partial charge in [0.05, 0.1) is 17.8 Å². The summed E-state index contributed by atoms with van der Waals surface area (Å²) in [5.41, 5.74) is 4.13. The van der Waals surface area contributed by atoms with E-state index in [2.05, 4.69) is 21.8 Å². The standard InChI is InChI=1S/C16H22N4O3/c1-19-9-16(5-13(19)8-23-16)10-20-3-2-14-12(7-20)4-11(6-17-14)15(21)18-22/h4,6,13,22H,2-3,5,7-10H2,1H3,(H,18,21)/t13-,16-/m1/s1. The molecule has 2 fully saturated rings. The van der Waals surface area contributed by atoms with Crippen LogP contribution in [0.25, 0.3) is 0 Å². The first-order valence-corrected chi connectivity index (χ1v) is 8.07. The van der Waals surface area contributed by atoms with Crippen LogP contribution in [-0.2, 0) is 17.7 Å². The highest BCUT2D eigenvalue weighted by Crippen LogP contribution is 2.37. The second-order valence-electron chi connectivity index (χ2n) is 7.00. The molecule has 1 amide bonds. The van der Waals surface area contributed by atoms with Gasteiger partial charge in [0, 0.05) is 50.5 Å². The lowest BCUT2D eigenvalue weighted by atomic mass is 9.98. The molecule has 4 heterocycles. The summed E-state index contributed by atoms with van der Waals surface area (Å²) in [5.74, 6) is -0.518. The zero-order valence-corrected chi connectivity index (χ0v) is 13.3. The summed E-state index contributed by atoms with van der Waals surface area (Å²) in [7, 11) is 2.17. The third-order valence-corrected chi connectivity index (χ3v) is 5.34. The number of rotatable bonds is 3. The van der Waals surface area contributed by atoms with E-state index in [0.717, 1.165) is 56.9 Å². The molecule has 1 aromatic heterocycles. The number of carbonyl (C=O) groups excluding carboxylic acids is 1. The Hall–Kier alpha value is -1.54. The summed E-state index contributed by atoms with van der Waals surface area (Å²) in [6.45, 7) is 4.48. The number of pyridine rings is 1. The summed E-state index contributed by atoms with van der Waals surface area (Å²) in [6.07, 6.45) is 3.51. The fourth-order valence-corrected chi connectivity index (χ4v) is 4.17. The van der Waals surface area contributed by atoms with Crippen LogP contribution in [0.15, 0.2) is 12.3 Å². The number of amides is 1. The molecule has 2 bridgehead atoms. The third-order valence-electron chi connectivity index (χ3n) is 5.34. The van der Waals surface area contributed by atoms with Crippen molar-refractivity contribution in [3.63, 3.8) is 0 Å². The molecule has 124 valence electrons. The van der Waals surface area contributed by atoms with E-state index in [0.29, 0.717) is 11.6 Å². The molecule has 3 aliphatic rings. The lowest BCUT2D eigenvalue weighted by Gasteiger charge is -2.37. The maximum absolute atomic E-state index is 11.6. The first-order chi connectivity index (χ1) is 11.1. The normalized spacial score (nSPS) is 30.4. The minimum absolute atomic E-state index is 0.0373. The number of hydroxylamine groups is 1. The SMILES string of the molecule is CN1C[C@@]2(CN3CCc4ncc(C(=O)NO)cc4C3)C[C@@H]1CO2. The molecule has 1 aromatic rings. The average molecular weight is 318 g/mol. The Kier molecular flexibility index (Phi) is 3.60. The Morgan fingerprint density at radius 1 is 1.61 bits per heavy atom. The summed E-state index contributed by atoms with van der Waals surface area (Å²) >= 11 is 0. The summed E-state index contributed by atoms with van der Waals surface area (Å²) < 4.78 is 6.08. The zero-order chi connectivity index (χ0) is 16.0. The number of nitrogens with one attached hydrogen (secondary N) is 1. The van der Waals surface area contributed by atoms with Crippen LogP contribution in [0.1, 0.15) is 28.0 Å². The van der Waals surface area contributed by atoms with Crippen molar-refractivity contribution < 1.29 is 14.7 Å². The highest BCUT2D eigenvalue weighted by Gasteiger charge is 2.50. The smallest absolute Gasteiger partial charge is 0.276 e. The van der Waals surface area contributed by atoms with Crippen LogP contribution in [0.4, 0.5) is 0 Å². The van der Waals surface area contributed by atoms with Crippen molar-refractivity contribution in [3.8, 4) is 0 Å². The van der Waals surface area contributed by atoms with Gasteiger partial charge in [-0.1, -0.05) is 0 Å². The molecular formula is C16H22N4O3. The van der Waals surface area contributed by atoms with Crippen molar-refractivity contribution in [2.75, 3.05) is 33.3 Å². The van der Waals surface area contributed by atoms with Crippen LogP contribution in [0.5, 0.6) is 0 Å². The Morgan fingerprint density at radius 2 is 2.48 bits per heavy atom. The van der Waals surface area contributed by atoms with E-state index >= 15 is 0 Å². The third kappa shape index (κ3) is 2.63. The van der Waals surface area contributed by atoms with Gasteiger partial charge in [0.1, 0.15) is 0 Å². The lowest BCUT2D eigenvalue weighted by molar-refractivity contribution is -0.0586. The number of hydrogen-bond acceptors (Lipinski definition) is 6. The van der Waals surface area contributed by atoms with Gasteiger partial charge in [-0.2, -0.15) is 0 Å². The highest BCUT2D eigenvalue weighted by molar-refractivity contribution is 5.93. The summed E-state index contributed by atoms with van der Waals surface area (Å²) in [6, 6.07) is 2.39. The minimum atomic E-state index is -0.518. The second kappa shape index (κ2) is 5.52. The van der Waals surface area contributed by atoms with Crippen molar-refractivity contribution in [3.05, 3.63) is 29.1 Å². The van der Waals surface area contributed by atoms with Gasteiger partial charge in [0.15, 0.2) is 0 Å². The van der Waals surface area contributed by atoms with Crippen LogP contribution in [0.3, 0.4) is 0 Å².